The zero-order chi connectivity index (χ0) is 20.5. The van der Waals surface area contributed by atoms with Gasteiger partial charge < -0.3 is 5.73 Å². The van der Waals surface area contributed by atoms with E-state index < -0.39 is 23.6 Å². The summed E-state index contributed by atoms with van der Waals surface area (Å²) in [5.41, 5.74) is 6.29. The standard InChI is InChI=1S/C20H13Cl2F3N2O/c21-13-3-1-4-14(22)17(13)18(19(26)28)16-6-2-5-15(27-16)11-7-9-12(10-8-11)20(23,24)25/h1-10,18H,(H2,26,28). The van der Waals surface area contributed by atoms with E-state index >= 15 is 0 Å². The van der Waals surface area contributed by atoms with Crippen molar-refractivity contribution in [2.45, 2.75) is 12.1 Å². The van der Waals surface area contributed by atoms with Crippen LogP contribution in [-0.4, -0.2) is 10.9 Å². The van der Waals surface area contributed by atoms with Crippen LogP contribution in [-0.2, 0) is 11.0 Å². The number of hydrogen-bond donors (Lipinski definition) is 1. The van der Waals surface area contributed by atoms with Gasteiger partial charge in [0.05, 0.1) is 17.0 Å². The number of halogens is 5. The van der Waals surface area contributed by atoms with Crippen molar-refractivity contribution in [1.82, 2.24) is 4.98 Å². The van der Waals surface area contributed by atoms with E-state index in [2.05, 4.69) is 4.98 Å². The molecule has 1 amide bonds. The molecule has 3 aromatic rings. The van der Waals surface area contributed by atoms with Crippen LogP contribution in [0.5, 0.6) is 0 Å². The molecule has 0 fully saturated rings. The zero-order valence-electron chi connectivity index (χ0n) is 14.2. The number of alkyl halides is 3. The summed E-state index contributed by atoms with van der Waals surface area (Å²) < 4.78 is 38.3. The molecule has 2 aromatic carbocycles. The maximum atomic E-state index is 12.8. The third-order valence-electron chi connectivity index (χ3n) is 4.15. The van der Waals surface area contributed by atoms with E-state index in [0.29, 0.717) is 22.5 Å². The number of benzene rings is 2. The quantitative estimate of drug-likeness (QED) is 0.584. The molecule has 1 atom stereocenters. The first-order valence-electron chi connectivity index (χ1n) is 8.06. The third kappa shape index (κ3) is 4.13. The van der Waals surface area contributed by atoms with E-state index in [-0.39, 0.29) is 10.0 Å². The third-order valence-corrected chi connectivity index (χ3v) is 4.81. The lowest BCUT2D eigenvalue weighted by Crippen LogP contribution is -2.24. The molecule has 0 aliphatic rings. The molecule has 144 valence electrons. The van der Waals surface area contributed by atoms with Gasteiger partial charge in [0, 0.05) is 21.2 Å². The summed E-state index contributed by atoms with van der Waals surface area (Å²) in [7, 11) is 0. The molecular weight excluding hydrogens is 412 g/mol. The van der Waals surface area contributed by atoms with Crippen LogP contribution in [0.15, 0.2) is 60.7 Å². The second-order valence-electron chi connectivity index (χ2n) is 5.99. The average molecular weight is 425 g/mol. The topological polar surface area (TPSA) is 56.0 Å². The van der Waals surface area contributed by atoms with Crippen molar-refractivity contribution in [1.29, 1.82) is 0 Å². The fourth-order valence-electron chi connectivity index (χ4n) is 2.83. The van der Waals surface area contributed by atoms with Crippen molar-refractivity contribution >= 4 is 29.1 Å². The molecule has 0 spiro atoms. The Hall–Kier alpha value is -2.57. The molecule has 1 heterocycles. The van der Waals surface area contributed by atoms with Crippen LogP contribution < -0.4 is 5.73 Å². The minimum Gasteiger partial charge on any atom is -0.369 e. The summed E-state index contributed by atoms with van der Waals surface area (Å²) in [5.74, 6) is -1.71. The van der Waals surface area contributed by atoms with Crippen LogP contribution in [0, 0.1) is 0 Å². The minimum atomic E-state index is -4.42. The van der Waals surface area contributed by atoms with Crippen LogP contribution in [0.3, 0.4) is 0 Å². The van der Waals surface area contributed by atoms with Gasteiger partial charge in [0.25, 0.3) is 0 Å². The largest absolute Gasteiger partial charge is 0.416 e. The van der Waals surface area contributed by atoms with Crippen LogP contribution in [0.25, 0.3) is 11.3 Å². The number of amides is 1. The van der Waals surface area contributed by atoms with E-state index in [1.807, 2.05) is 0 Å². The molecule has 1 aromatic heterocycles. The molecule has 0 aliphatic carbocycles. The zero-order valence-corrected chi connectivity index (χ0v) is 15.7. The van der Waals surface area contributed by atoms with E-state index in [4.69, 9.17) is 28.9 Å². The van der Waals surface area contributed by atoms with Crippen LogP contribution in [0.2, 0.25) is 10.0 Å². The molecule has 28 heavy (non-hydrogen) atoms. The maximum Gasteiger partial charge on any atom is 0.416 e. The summed E-state index contributed by atoms with van der Waals surface area (Å²) >= 11 is 12.4. The number of nitrogens with two attached hydrogens (primary N) is 1. The molecular formula is C20H13Cl2F3N2O. The fraction of sp³-hybridized carbons (Fsp3) is 0.100. The van der Waals surface area contributed by atoms with Crippen LogP contribution in [0.4, 0.5) is 13.2 Å². The second-order valence-corrected chi connectivity index (χ2v) is 6.81. The van der Waals surface area contributed by atoms with Gasteiger partial charge in [-0.3, -0.25) is 9.78 Å². The molecule has 0 saturated heterocycles. The van der Waals surface area contributed by atoms with Gasteiger partial charge in [-0.1, -0.05) is 47.5 Å². The second kappa shape index (κ2) is 7.81. The van der Waals surface area contributed by atoms with Gasteiger partial charge in [0.15, 0.2) is 0 Å². The minimum absolute atomic E-state index is 0.262. The fourth-order valence-corrected chi connectivity index (χ4v) is 3.44. The average Bonchev–Trinajstić information content (AvgIpc) is 2.64. The first kappa shape index (κ1) is 20.2. The first-order valence-corrected chi connectivity index (χ1v) is 8.82. The molecule has 3 nitrogen and oxygen atoms in total. The molecule has 0 radical (unpaired) electrons. The van der Waals surface area contributed by atoms with Crippen molar-refractivity contribution in [3.05, 3.63) is 87.5 Å². The van der Waals surface area contributed by atoms with E-state index in [1.165, 1.54) is 12.1 Å². The van der Waals surface area contributed by atoms with Crippen molar-refractivity contribution in [2.24, 2.45) is 5.73 Å². The number of pyridine rings is 1. The Morgan fingerprint density at radius 3 is 2.04 bits per heavy atom. The number of primary amides is 1. The van der Waals surface area contributed by atoms with Gasteiger partial charge in [-0.05, 0) is 36.4 Å². The molecule has 0 bridgehead atoms. The van der Waals surface area contributed by atoms with E-state index in [0.717, 1.165) is 12.1 Å². The van der Waals surface area contributed by atoms with Crippen LogP contribution >= 0.6 is 23.2 Å². The maximum absolute atomic E-state index is 12.8. The Balaban J connectivity index is 2.05. The summed E-state index contributed by atoms with van der Waals surface area (Å²) in [5, 5.41) is 0.524. The molecule has 3 rings (SSSR count). The number of rotatable bonds is 4. The SMILES string of the molecule is NC(=O)C(c1cccc(-c2ccc(C(F)(F)F)cc2)n1)c1c(Cl)cccc1Cl. The lowest BCUT2D eigenvalue weighted by Gasteiger charge is -2.17. The first-order chi connectivity index (χ1) is 13.2. The summed E-state index contributed by atoms with van der Waals surface area (Å²) in [6.45, 7) is 0. The van der Waals surface area contributed by atoms with Crippen molar-refractivity contribution in [3.63, 3.8) is 0 Å². The number of aromatic nitrogens is 1. The van der Waals surface area contributed by atoms with Gasteiger partial charge in [-0.2, -0.15) is 13.2 Å². The summed E-state index contributed by atoms with van der Waals surface area (Å²) in [6.07, 6.45) is -4.42. The van der Waals surface area contributed by atoms with Gasteiger partial charge in [-0.15, -0.1) is 0 Å². The molecule has 2 N–H and O–H groups in total. The highest BCUT2D eigenvalue weighted by Gasteiger charge is 2.30. The van der Waals surface area contributed by atoms with E-state index in [9.17, 15) is 18.0 Å². The molecule has 0 aliphatic heterocycles. The van der Waals surface area contributed by atoms with Crippen molar-refractivity contribution < 1.29 is 18.0 Å². The van der Waals surface area contributed by atoms with E-state index in [1.54, 1.807) is 36.4 Å². The highest BCUT2D eigenvalue weighted by atomic mass is 35.5. The van der Waals surface area contributed by atoms with Gasteiger partial charge in [-0.25, -0.2) is 0 Å². The predicted octanol–water partition coefficient (Wildman–Crippen LogP) is 5.69. The predicted molar refractivity (Wildman–Crippen MR) is 102 cm³/mol. The van der Waals surface area contributed by atoms with Gasteiger partial charge in [0.2, 0.25) is 5.91 Å². The van der Waals surface area contributed by atoms with Crippen molar-refractivity contribution in [2.75, 3.05) is 0 Å². The van der Waals surface area contributed by atoms with Crippen molar-refractivity contribution in [3.8, 4) is 11.3 Å². The van der Waals surface area contributed by atoms with Crippen LogP contribution in [0.1, 0.15) is 22.7 Å². The Bertz CT molecular complexity index is 1000. The number of hydrogen-bond acceptors (Lipinski definition) is 2. The molecule has 1 unspecified atom stereocenters. The molecule has 0 saturated carbocycles. The Morgan fingerprint density at radius 1 is 0.929 bits per heavy atom. The Labute approximate surface area is 168 Å². The highest BCUT2D eigenvalue weighted by molar-refractivity contribution is 6.36. The lowest BCUT2D eigenvalue weighted by molar-refractivity contribution is -0.137. The number of nitrogens with zero attached hydrogens (tertiary/aromatic N) is 1. The summed E-state index contributed by atoms with van der Waals surface area (Å²) in [4.78, 5) is 16.6. The highest BCUT2D eigenvalue weighted by Crippen LogP contribution is 2.36. The monoisotopic (exact) mass is 424 g/mol. The smallest absolute Gasteiger partial charge is 0.369 e. The Kier molecular flexibility index (Phi) is 5.63. The summed E-state index contributed by atoms with van der Waals surface area (Å²) in [6, 6.07) is 14.2. The molecule has 8 heteroatoms. The normalized spacial score (nSPS) is 12.6. The Morgan fingerprint density at radius 2 is 1.50 bits per heavy atom. The van der Waals surface area contributed by atoms with Gasteiger partial charge in [0.1, 0.15) is 5.92 Å². The number of carbonyl (C=O) groups excluding carboxylic acids is 1. The number of carbonyl (C=O) groups is 1. The lowest BCUT2D eigenvalue weighted by atomic mass is 9.93. The van der Waals surface area contributed by atoms with Gasteiger partial charge >= 0.3 is 6.18 Å².